The topological polar surface area (TPSA) is 66.8 Å². The second-order valence-corrected chi connectivity index (χ2v) is 7.47. The van der Waals surface area contributed by atoms with Crippen molar-refractivity contribution in [3.05, 3.63) is 23.3 Å². The van der Waals surface area contributed by atoms with Crippen LogP contribution in [0, 0.1) is 0 Å². The molecule has 0 heterocycles. The van der Waals surface area contributed by atoms with Gasteiger partial charge < -0.3 is 14.9 Å². The van der Waals surface area contributed by atoms with Crippen LogP contribution in [0.1, 0.15) is 59.6 Å². The highest BCUT2D eigenvalue weighted by Crippen LogP contribution is 2.41. The predicted octanol–water partition coefficient (Wildman–Crippen LogP) is 3.84. The molecule has 0 aliphatic rings. The maximum Gasteiger partial charge on any atom is 0.344 e. The van der Waals surface area contributed by atoms with Crippen molar-refractivity contribution in [1.29, 1.82) is 0 Å². The molecular weight excluding hydrogens is 268 g/mol. The van der Waals surface area contributed by atoms with Crippen LogP contribution in [0.5, 0.6) is 11.5 Å². The SMILES string of the molecule is CC(Oc1cc(C(C)(C)C)c(O)c(C(C)(C)C)c1)C(=O)O. The predicted molar refractivity (Wildman–Crippen MR) is 83.2 cm³/mol. The van der Waals surface area contributed by atoms with Gasteiger partial charge in [0, 0.05) is 11.1 Å². The fourth-order valence-electron chi connectivity index (χ4n) is 2.07. The van der Waals surface area contributed by atoms with Gasteiger partial charge in [-0.25, -0.2) is 4.79 Å². The van der Waals surface area contributed by atoms with Crippen LogP contribution in [0.4, 0.5) is 0 Å². The van der Waals surface area contributed by atoms with Gasteiger partial charge >= 0.3 is 5.97 Å². The number of hydrogen-bond acceptors (Lipinski definition) is 3. The Labute approximate surface area is 126 Å². The molecule has 4 nitrogen and oxygen atoms in total. The average molecular weight is 294 g/mol. The van der Waals surface area contributed by atoms with Crippen molar-refractivity contribution in [3.63, 3.8) is 0 Å². The second kappa shape index (κ2) is 5.58. The van der Waals surface area contributed by atoms with Crippen molar-refractivity contribution < 1.29 is 19.7 Å². The first-order chi connectivity index (χ1) is 9.34. The molecule has 0 amide bonds. The number of aromatic hydroxyl groups is 1. The molecule has 4 heteroatoms. The molecule has 0 fully saturated rings. The fourth-order valence-corrected chi connectivity index (χ4v) is 2.07. The van der Waals surface area contributed by atoms with Gasteiger partial charge in [-0.3, -0.25) is 0 Å². The molecule has 2 N–H and O–H groups in total. The molecule has 0 aliphatic heterocycles. The first-order valence-corrected chi connectivity index (χ1v) is 7.11. The van der Waals surface area contributed by atoms with E-state index >= 15 is 0 Å². The lowest BCUT2D eigenvalue weighted by atomic mass is 9.79. The number of hydrogen-bond donors (Lipinski definition) is 2. The van der Waals surface area contributed by atoms with Gasteiger partial charge in [-0.1, -0.05) is 41.5 Å². The number of carbonyl (C=O) groups is 1. The summed E-state index contributed by atoms with van der Waals surface area (Å²) in [6, 6.07) is 3.45. The number of carboxylic acid groups (broad SMARTS) is 1. The lowest BCUT2D eigenvalue weighted by Crippen LogP contribution is -2.24. The van der Waals surface area contributed by atoms with Crippen LogP contribution < -0.4 is 4.74 Å². The largest absolute Gasteiger partial charge is 0.507 e. The van der Waals surface area contributed by atoms with E-state index in [0.29, 0.717) is 5.75 Å². The Morgan fingerprint density at radius 2 is 1.43 bits per heavy atom. The Hall–Kier alpha value is -1.71. The Bertz CT molecular complexity index is 498. The molecule has 21 heavy (non-hydrogen) atoms. The van der Waals surface area contributed by atoms with E-state index in [-0.39, 0.29) is 16.6 Å². The summed E-state index contributed by atoms with van der Waals surface area (Å²) >= 11 is 0. The van der Waals surface area contributed by atoms with Gasteiger partial charge in [0.2, 0.25) is 0 Å². The van der Waals surface area contributed by atoms with Crippen LogP contribution in [0.2, 0.25) is 0 Å². The third kappa shape index (κ3) is 4.13. The van der Waals surface area contributed by atoms with Gasteiger partial charge in [-0.05, 0) is 29.9 Å². The molecule has 0 radical (unpaired) electrons. The van der Waals surface area contributed by atoms with Gasteiger partial charge in [-0.15, -0.1) is 0 Å². The van der Waals surface area contributed by atoms with Gasteiger partial charge in [0.05, 0.1) is 0 Å². The number of benzene rings is 1. The van der Waals surface area contributed by atoms with Crippen molar-refractivity contribution in [2.45, 2.75) is 65.4 Å². The molecule has 118 valence electrons. The Morgan fingerprint density at radius 3 is 1.71 bits per heavy atom. The molecule has 1 atom stereocenters. The van der Waals surface area contributed by atoms with Crippen molar-refractivity contribution in [3.8, 4) is 11.5 Å². The number of carboxylic acids is 1. The van der Waals surface area contributed by atoms with E-state index in [9.17, 15) is 9.90 Å². The minimum atomic E-state index is -1.02. The first-order valence-electron chi connectivity index (χ1n) is 7.11. The number of phenols is 1. The van der Waals surface area contributed by atoms with E-state index in [0.717, 1.165) is 11.1 Å². The fraction of sp³-hybridized carbons (Fsp3) is 0.588. The highest BCUT2D eigenvalue weighted by Gasteiger charge is 2.27. The van der Waals surface area contributed by atoms with Crippen molar-refractivity contribution in [2.75, 3.05) is 0 Å². The molecule has 0 aliphatic carbocycles. The molecule has 0 saturated carbocycles. The summed E-state index contributed by atoms with van der Waals surface area (Å²) in [6.45, 7) is 13.5. The summed E-state index contributed by atoms with van der Waals surface area (Å²) in [6.07, 6.45) is -0.935. The molecule has 1 unspecified atom stereocenters. The number of aliphatic carboxylic acids is 1. The molecule has 0 spiro atoms. The summed E-state index contributed by atoms with van der Waals surface area (Å²) in [7, 11) is 0. The smallest absolute Gasteiger partial charge is 0.344 e. The normalized spacial score (nSPS) is 13.9. The van der Waals surface area contributed by atoms with Crippen LogP contribution >= 0.6 is 0 Å². The standard InChI is InChI=1S/C17H26O4/c1-10(15(19)20)21-11-8-12(16(2,3)4)14(18)13(9-11)17(5,6)7/h8-10,18H,1-7H3,(H,19,20). The molecular formula is C17H26O4. The number of phenolic OH excluding ortho intramolecular Hbond substituents is 1. The lowest BCUT2D eigenvalue weighted by Gasteiger charge is -2.28. The average Bonchev–Trinajstić information content (AvgIpc) is 2.27. The Morgan fingerprint density at radius 1 is 1.05 bits per heavy atom. The monoisotopic (exact) mass is 294 g/mol. The Kier molecular flexibility index (Phi) is 4.61. The molecule has 1 rings (SSSR count). The van der Waals surface area contributed by atoms with E-state index in [1.54, 1.807) is 12.1 Å². The summed E-state index contributed by atoms with van der Waals surface area (Å²) in [5.74, 6) is -0.291. The van der Waals surface area contributed by atoms with Crippen LogP contribution in [0.25, 0.3) is 0 Å². The van der Waals surface area contributed by atoms with Crippen molar-refractivity contribution >= 4 is 5.97 Å². The summed E-state index contributed by atoms with van der Waals surface area (Å²) < 4.78 is 5.49. The highest BCUT2D eigenvalue weighted by molar-refractivity contribution is 5.72. The van der Waals surface area contributed by atoms with E-state index < -0.39 is 12.1 Å². The minimum absolute atomic E-state index is 0.255. The third-order valence-electron chi connectivity index (χ3n) is 3.36. The van der Waals surface area contributed by atoms with Crippen LogP contribution in [0.15, 0.2) is 12.1 Å². The summed E-state index contributed by atoms with van der Waals surface area (Å²) in [4.78, 5) is 11.0. The first kappa shape index (κ1) is 17.3. The third-order valence-corrected chi connectivity index (χ3v) is 3.36. The van der Waals surface area contributed by atoms with E-state index in [1.807, 2.05) is 41.5 Å². The molecule has 0 bridgehead atoms. The zero-order valence-electron chi connectivity index (χ0n) is 13.9. The Balaban J connectivity index is 3.44. The van der Waals surface area contributed by atoms with E-state index in [4.69, 9.17) is 9.84 Å². The quantitative estimate of drug-likeness (QED) is 0.889. The minimum Gasteiger partial charge on any atom is -0.507 e. The van der Waals surface area contributed by atoms with Gasteiger partial charge in [0.15, 0.2) is 6.10 Å². The van der Waals surface area contributed by atoms with Gasteiger partial charge in [-0.2, -0.15) is 0 Å². The lowest BCUT2D eigenvalue weighted by molar-refractivity contribution is -0.144. The maximum atomic E-state index is 11.0. The van der Waals surface area contributed by atoms with Gasteiger partial charge in [0.25, 0.3) is 0 Å². The van der Waals surface area contributed by atoms with Crippen LogP contribution in [-0.4, -0.2) is 22.3 Å². The molecule has 1 aromatic rings. The van der Waals surface area contributed by atoms with E-state index in [2.05, 4.69) is 0 Å². The second-order valence-electron chi connectivity index (χ2n) is 7.47. The summed E-state index contributed by atoms with van der Waals surface area (Å²) in [5.41, 5.74) is 0.969. The zero-order valence-corrected chi connectivity index (χ0v) is 13.9. The number of ether oxygens (including phenoxy) is 1. The number of rotatable bonds is 3. The molecule has 0 saturated heterocycles. The van der Waals surface area contributed by atoms with Crippen LogP contribution in [0.3, 0.4) is 0 Å². The summed E-state index contributed by atoms with van der Waals surface area (Å²) in [5, 5.41) is 19.5. The molecule has 0 aromatic heterocycles. The maximum absolute atomic E-state index is 11.0. The molecule has 1 aromatic carbocycles. The highest BCUT2D eigenvalue weighted by atomic mass is 16.5. The van der Waals surface area contributed by atoms with Gasteiger partial charge in [0.1, 0.15) is 11.5 Å². The zero-order chi connectivity index (χ0) is 16.6. The van der Waals surface area contributed by atoms with Crippen molar-refractivity contribution in [1.82, 2.24) is 0 Å². The van der Waals surface area contributed by atoms with E-state index in [1.165, 1.54) is 6.92 Å². The van der Waals surface area contributed by atoms with Crippen molar-refractivity contribution in [2.24, 2.45) is 0 Å². The van der Waals surface area contributed by atoms with Crippen LogP contribution in [-0.2, 0) is 15.6 Å².